The molecular formula is C14H20N2. The predicted molar refractivity (Wildman–Crippen MR) is 69.6 cm³/mol. The van der Waals surface area contributed by atoms with Gasteiger partial charge in [-0.05, 0) is 45.9 Å². The quantitative estimate of drug-likeness (QED) is 0.821. The fraction of sp³-hybridized carbons (Fsp3) is 0.429. The van der Waals surface area contributed by atoms with Crippen molar-refractivity contribution in [2.45, 2.75) is 39.8 Å². The number of hydrogen-bond acceptors (Lipinski definition) is 1. The van der Waals surface area contributed by atoms with Crippen molar-refractivity contribution in [2.24, 2.45) is 5.73 Å². The van der Waals surface area contributed by atoms with Gasteiger partial charge in [0.15, 0.2) is 0 Å². The highest BCUT2D eigenvalue weighted by Gasteiger charge is 2.20. The molecule has 1 aromatic heterocycles. The van der Waals surface area contributed by atoms with E-state index in [9.17, 15) is 0 Å². The van der Waals surface area contributed by atoms with Gasteiger partial charge >= 0.3 is 0 Å². The third kappa shape index (κ3) is 1.74. The first-order chi connectivity index (χ1) is 7.43. The van der Waals surface area contributed by atoms with Crippen molar-refractivity contribution in [3.05, 3.63) is 35.5 Å². The molecule has 2 N–H and O–H groups in total. The van der Waals surface area contributed by atoms with Gasteiger partial charge in [0.25, 0.3) is 0 Å². The zero-order valence-electron chi connectivity index (χ0n) is 10.5. The number of hydrogen-bond donors (Lipinski definition) is 1. The molecule has 0 fully saturated rings. The van der Waals surface area contributed by atoms with Crippen LogP contribution in [0.5, 0.6) is 0 Å². The summed E-state index contributed by atoms with van der Waals surface area (Å²) in [6, 6.07) is 8.77. The fourth-order valence-corrected chi connectivity index (χ4v) is 2.26. The van der Waals surface area contributed by atoms with E-state index in [0.29, 0.717) is 0 Å². The molecule has 0 unspecified atom stereocenters. The molecule has 0 aliphatic heterocycles. The number of benzene rings is 1. The molecule has 0 saturated heterocycles. The van der Waals surface area contributed by atoms with Crippen LogP contribution in [-0.4, -0.2) is 4.57 Å². The lowest BCUT2D eigenvalue weighted by Gasteiger charge is -2.21. The first-order valence-electron chi connectivity index (χ1n) is 5.82. The number of aromatic nitrogens is 1. The van der Waals surface area contributed by atoms with Crippen LogP contribution in [0.3, 0.4) is 0 Å². The molecule has 86 valence electrons. The Morgan fingerprint density at radius 3 is 2.50 bits per heavy atom. The van der Waals surface area contributed by atoms with Gasteiger partial charge in [-0.3, -0.25) is 0 Å². The van der Waals surface area contributed by atoms with Gasteiger partial charge in [-0.25, -0.2) is 0 Å². The molecule has 0 radical (unpaired) electrons. The zero-order valence-corrected chi connectivity index (χ0v) is 10.5. The largest absolute Gasteiger partial charge is 0.343 e. The predicted octanol–water partition coefficient (Wildman–Crippen LogP) is 3.16. The smallest absolute Gasteiger partial charge is 0.0506 e. The number of fused-ring (bicyclic) bond motifs is 1. The van der Waals surface area contributed by atoms with E-state index in [1.165, 1.54) is 22.2 Å². The van der Waals surface area contributed by atoms with Crippen LogP contribution in [0.2, 0.25) is 0 Å². The highest BCUT2D eigenvalue weighted by atomic mass is 15.0. The first kappa shape index (κ1) is 11.2. The highest BCUT2D eigenvalue weighted by molar-refractivity contribution is 5.82. The van der Waals surface area contributed by atoms with Crippen molar-refractivity contribution in [3.63, 3.8) is 0 Å². The maximum absolute atomic E-state index is 6.21. The van der Waals surface area contributed by atoms with Gasteiger partial charge in [-0.15, -0.1) is 0 Å². The maximum atomic E-state index is 6.21. The first-order valence-corrected chi connectivity index (χ1v) is 5.82. The summed E-state index contributed by atoms with van der Waals surface area (Å²) in [5.41, 5.74) is 9.70. The third-order valence-corrected chi connectivity index (χ3v) is 3.03. The van der Waals surface area contributed by atoms with Crippen LogP contribution in [0.1, 0.15) is 32.0 Å². The lowest BCUT2D eigenvalue weighted by atomic mass is 10.0. The van der Waals surface area contributed by atoms with Crippen LogP contribution in [0.25, 0.3) is 10.9 Å². The summed E-state index contributed by atoms with van der Waals surface area (Å²) in [5, 5.41) is 1.29. The van der Waals surface area contributed by atoms with Crippen molar-refractivity contribution >= 4 is 10.9 Å². The topological polar surface area (TPSA) is 30.9 Å². The number of aryl methyl sites for hydroxylation is 2. The lowest BCUT2D eigenvalue weighted by molar-refractivity contribution is 0.504. The minimum absolute atomic E-state index is 0.289. The standard InChI is InChI=1S/C14H20N2/c1-5-16-12-7-6-10(2)8-11(12)9-13(16)14(3,4)15/h6-9H,5,15H2,1-4H3. The molecular weight excluding hydrogens is 196 g/mol. The Labute approximate surface area is 97.1 Å². The third-order valence-electron chi connectivity index (χ3n) is 3.03. The minimum Gasteiger partial charge on any atom is -0.343 e. The molecule has 0 atom stereocenters. The molecule has 16 heavy (non-hydrogen) atoms. The maximum Gasteiger partial charge on any atom is 0.0506 e. The summed E-state index contributed by atoms with van der Waals surface area (Å²) in [6.45, 7) is 9.35. The van der Waals surface area contributed by atoms with Crippen LogP contribution in [0.15, 0.2) is 24.3 Å². The molecule has 0 aliphatic rings. The Kier molecular flexibility index (Phi) is 2.55. The summed E-state index contributed by atoms with van der Waals surface area (Å²) < 4.78 is 2.30. The van der Waals surface area contributed by atoms with Gasteiger partial charge in [0.2, 0.25) is 0 Å². The molecule has 0 amide bonds. The minimum atomic E-state index is -0.289. The summed E-state index contributed by atoms with van der Waals surface area (Å²) in [7, 11) is 0. The van der Waals surface area contributed by atoms with Crippen molar-refractivity contribution in [2.75, 3.05) is 0 Å². The number of rotatable bonds is 2. The van der Waals surface area contributed by atoms with E-state index >= 15 is 0 Å². The zero-order chi connectivity index (χ0) is 11.9. The van der Waals surface area contributed by atoms with Crippen molar-refractivity contribution < 1.29 is 0 Å². The summed E-state index contributed by atoms with van der Waals surface area (Å²) in [4.78, 5) is 0. The van der Waals surface area contributed by atoms with Crippen LogP contribution in [-0.2, 0) is 12.1 Å². The van der Waals surface area contributed by atoms with Gasteiger partial charge < -0.3 is 10.3 Å². The van der Waals surface area contributed by atoms with E-state index < -0.39 is 0 Å². The van der Waals surface area contributed by atoms with Crippen molar-refractivity contribution in [3.8, 4) is 0 Å². The Morgan fingerprint density at radius 2 is 1.94 bits per heavy atom. The second kappa shape index (κ2) is 3.63. The second-order valence-corrected chi connectivity index (χ2v) is 5.06. The van der Waals surface area contributed by atoms with Gasteiger partial charge in [0.1, 0.15) is 0 Å². The van der Waals surface area contributed by atoms with Gasteiger partial charge in [-0.1, -0.05) is 11.6 Å². The molecule has 0 aliphatic carbocycles. The molecule has 1 aromatic carbocycles. The molecule has 0 spiro atoms. The molecule has 2 rings (SSSR count). The van der Waals surface area contributed by atoms with Crippen LogP contribution >= 0.6 is 0 Å². The molecule has 2 aromatic rings. The van der Waals surface area contributed by atoms with E-state index in [1.807, 2.05) is 0 Å². The Bertz CT molecular complexity index is 515. The Morgan fingerprint density at radius 1 is 1.25 bits per heavy atom. The summed E-state index contributed by atoms with van der Waals surface area (Å²) >= 11 is 0. The van der Waals surface area contributed by atoms with Gasteiger partial charge in [0.05, 0.1) is 5.54 Å². The van der Waals surface area contributed by atoms with Gasteiger partial charge in [0, 0.05) is 23.1 Å². The van der Waals surface area contributed by atoms with Crippen LogP contribution < -0.4 is 5.73 Å². The van der Waals surface area contributed by atoms with Crippen LogP contribution in [0, 0.1) is 6.92 Å². The average molecular weight is 216 g/mol. The molecule has 0 bridgehead atoms. The highest BCUT2D eigenvalue weighted by Crippen LogP contribution is 2.27. The molecule has 2 nitrogen and oxygen atoms in total. The molecule has 2 heteroatoms. The second-order valence-electron chi connectivity index (χ2n) is 5.06. The summed E-state index contributed by atoms with van der Waals surface area (Å²) in [5.74, 6) is 0. The van der Waals surface area contributed by atoms with Crippen LogP contribution in [0.4, 0.5) is 0 Å². The normalized spacial score (nSPS) is 12.3. The van der Waals surface area contributed by atoms with E-state index in [4.69, 9.17) is 5.73 Å². The monoisotopic (exact) mass is 216 g/mol. The van der Waals surface area contributed by atoms with E-state index in [0.717, 1.165) is 6.54 Å². The number of nitrogens with two attached hydrogens (primary N) is 1. The molecule has 1 heterocycles. The fourth-order valence-electron chi connectivity index (χ4n) is 2.26. The van der Waals surface area contributed by atoms with E-state index in [1.54, 1.807) is 0 Å². The molecule has 0 saturated carbocycles. The van der Waals surface area contributed by atoms with E-state index in [2.05, 4.69) is 56.5 Å². The Balaban J connectivity index is 2.76. The lowest BCUT2D eigenvalue weighted by Crippen LogP contribution is -2.31. The van der Waals surface area contributed by atoms with Crippen molar-refractivity contribution in [1.29, 1.82) is 0 Å². The SMILES string of the molecule is CCn1c(C(C)(C)N)cc2cc(C)ccc21. The van der Waals surface area contributed by atoms with Crippen molar-refractivity contribution in [1.82, 2.24) is 4.57 Å². The number of nitrogens with zero attached hydrogens (tertiary/aromatic N) is 1. The Hall–Kier alpha value is -1.28. The van der Waals surface area contributed by atoms with E-state index in [-0.39, 0.29) is 5.54 Å². The summed E-state index contributed by atoms with van der Waals surface area (Å²) in [6.07, 6.45) is 0. The average Bonchev–Trinajstić information content (AvgIpc) is 2.54. The van der Waals surface area contributed by atoms with Gasteiger partial charge in [-0.2, -0.15) is 0 Å².